The maximum atomic E-state index is 9.90. The van der Waals surface area contributed by atoms with Crippen LogP contribution in [0.1, 0.15) is 33.3 Å². The molecule has 0 heterocycles. The molecule has 0 unspecified atom stereocenters. The topological polar surface area (TPSA) is 23.2 Å². The molecule has 0 saturated heterocycles. The molecule has 0 atom stereocenters. The van der Waals surface area contributed by atoms with E-state index in [4.69, 9.17) is 0 Å². The van der Waals surface area contributed by atoms with Gasteiger partial charge in [-0.25, -0.2) is 0 Å². The van der Waals surface area contributed by atoms with E-state index in [1.54, 1.807) is 18.0 Å². The number of thioether (sulfide) groups is 1. The number of hydrogen-bond acceptors (Lipinski definition) is 2. The first-order valence-corrected chi connectivity index (χ1v) is 6.48. The van der Waals surface area contributed by atoms with Crippen LogP contribution < -0.4 is 0 Å². The molecule has 16 heavy (non-hydrogen) atoms. The van der Waals surface area contributed by atoms with E-state index >= 15 is 0 Å². The maximum absolute atomic E-state index is 9.90. The summed E-state index contributed by atoms with van der Waals surface area (Å²) >= 11 is 1.79. The van der Waals surface area contributed by atoms with E-state index in [9.17, 15) is 5.21 Å². The SMILES string of the molecule is CCSc1ccccc1C=[N+](O)C(C)(C)C. The van der Waals surface area contributed by atoms with Crippen molar-refractivity contribution in [3.63, 3.8) is 0 Å². The second kappa shape index (κ2) is 5.39. The molecule has 0 bridgehead atoms. The predicted molar refractivity (Wildman–Crippen MR) is 69.8 cm³/mol. The lowest BCUT2D eigenvalue weighted by Gasteiger charge is -2.10. The van der Waals surface area contributed by atoms with Crippen LogP contribution in [0.2, 0.25) is 0 Å². The Morgan fingerprint density at radius 1 is 1.31 bits per heavy atom. The summed E-state index contributed by atoms with van der Waals surface area (Å²) in [5.41, 5.74) is 0.788. The number of nitrogens with zero attached hydrogens (tertiary/aromatic N) is 1. The molecule has 2 nitrogen and oxygen atoms in total. The Bertz CT molecular complexity index is 380. The van der Waals surface area contributed by atoms with Crippen LogP contribution >= 0.6 is 11.8 Å². The molecule has 0 spiro atoms. The van der Waals surface area contributed by atoms with Crippen molar-refractivity contribution in [3.05, 3.63) is 29.8 Å². The normalized spacial score (nSPS) is 12.9. The molecule has 0 saturated carbocycles. The fourth-order valence-corrected chi connectivity index (χ4v) is 1.97. The molecule has 0 aliphatic rings. The lowest BCUT2D eigenvalue weighted by Crippen LogP contribution is -2.31. The van der Waals surface area contributed by atoms with E-state index in [1.807, 2.05) is 39.0 Å². The summed E-state index contributed by atoms with van der Waals surface area (Å²) in [6.07, 6.45) is 1.79. The number of rotatable bonds is 3. The molecule has 0 amide bonds. The van der Waals surface area contributed by atoms with Gasteiger partial charge in [-0.3, -0.25) is 5.21 Å². The first-order valence-electron chi connectivity index (χ1n) is 5.50. The van der Waals surface area contributed by atoms with Crippen LogP contribution in [0.3, 0.4) is 0 Å². The van der Waals surface area contributed by atoms with Crippen molar-refractivity contribution in [2.24, 2.45) is 0 Å². The zero-order valence-corrected chi connectivity index (χ0v) is 11.2. The van der Waals surface area contributed by atoms with Gasteiger partial charge in [-0.2, -0.15) is 0 Å². The second-order valence-corrected chi connectivity index (χ2v) is 5.92. The van der Waals surface area contributed by atoms with E-state index < -0.39 is 0 Å². The number of benzene rings is 1. The van der Waals surface area contributed by atoms with Gasteiger partial charge in [-0.05, 0) is 22.6 Å². The Labute approximate surface area is 102 Å². The van der Waals surface area contributed by atoms with E-state index in [1.165, 1.54) is 9.63 Å². The summed E-state index contributed by atoms with van der Waals surface area (Å²) in [6.45, 7) is 8.04. The van der Waals surface area contributed by atoms with Gasteiger partial charge in [0.2, 0.25) is 11.8 Å². The molecule has 1 rings (SSSR count). The van der Waals surface area contributed by atoms with Gasteiger partial charge in [0.05, 0.1) is 5.56 Å². The lowest BCUT2D eigenvalue weighted by molar-refractivity contribution is -0.816. The van der Waals surface area contributed by atoms with Crippen molar-refractivity contribution < 1.29 is 9.95 Å². The Morgan fingerprint density at radius 3 is 2.50 bits per heavy atom. The summed E-state index contributed by atoms with van der Waals surface area (Å²) in [5.74, 6) is 1.03. The van der Waals surface area contributed by atoms with Crippen molar-refractivity contribution in [2.75, 3.05) is 5.75 Å². The molecular formula is C13H20NOS+. The second-order valence-electron chi connectivity index (χ2n) is 4.62. The smallest absolute Gasteiger partial charge is 0.224 e. The van der Waals surface area contributed by atoms with Crippen LogP contribution in [0.15, 0.2) is 29.2 Å². The van der Waals surface area contributed by atoms with Gasteiger partial charge in [-0.15, -0.1) is 11.8 Å². The summed E-state index contributed by atoms with van der Waals surface area (Å²) in [6, 6.07) is 8.11. The van der Waals surface area contributed by atoms with Crippen molar-refractivity contribution >= 4 is 18.0 Å². The van der Waals surface area contributed by atoms with Gasteiger partial charge < -0.3 is 0 Å². The van der Waals surface area contributed by atoms with Gasteiger partial charge in [0.1, 0.15) is 0 Å². The van der Waals surface area contributed by atoms with Gasteiger partial charge in [0, 0.05) is 25.7 Å². The summed E-state index contributed by atoms with van der Waals surface area (Å²) in [5, 5.41) is 9.90. The third-order valence-corrected chi connectivity index (χ3v) is 3.14. The fourth-order valence-electron chi connectivity index (χ4n) is 1.20. The van der Waals surface area contributed by atoms with E-state index in [0.717, 1.165) is 11.3 Å². The maximum Gasteiger partial charge on any atom is 0.224 e. The highest BCUT2D eigenvalue weighted by molar-refractivity contribution is 7.99. The van der Waals surface area contributed by atoms with Gasteiger partial charge in [0.25, 0.3) is 0 Å². The molecule has 88 valence electrons. The number of hydroxylamine groups is 1. The minimum absolute atomic E-state index is 0.274. The minimum Gasteiger partial charge on any atom is -0.290 e. The van der Waals surface area contributed by atoms with Crippen LogP contribution in [0.4, 0.5) is 0 Å². The molecule has 1 N–H and O–H groups in total. The minimum atomic E-state index is -0.274. The Hall–Kier alpha value is -0.960. The fraction of sp³-hybridized carbons (Fsp3) is 0.462. The zero-order chi connectivity index (χ0) is 12.2. The Balaban J connectivity index is 3.05. The third kappa shape index (κ3) is 3.56. The van der Waals surface area contributed by atoms with Crippen molar-refractivity contribution in [2.45, 2.75) is 38.1 Å². The van der Waals surface area contributed by atoms with Crippen LogP contribution in [-0.4, -0.2) is 27.5 Å². The highest BCUT2D eigenvalue weighted by Crippen LogP contribution is 2.21. The summed E-state index contributed by atoms with van der Waals surface area (Å²) < 4.78 is 1.27. The van der Waals surface area contributed by atoms with Crippen molar-refractivity contribution in [1.29, 1.82) is 0 Å². The molecule has 0 fully saturated rings. The summed E-state index contributed by atoms with van der Waals surface area (Å²) in [4.78, 5) is 1.20. The average molecular weight is 238 g/mol. The first-order chi connectivity index (χ1) is 7.45. The van der Waals surface area contributed by atoms with Crippen molar-refractivity contribution in [3.8, 4) is 0 Å². The molecule has 1 aromatic carbocycles. The van der Waals surface area contributed by atoms with Crippen LogP contribution in [0.25, 0.3) is 0 Å². The lowest BCUT2D eigenvalue weighted by atomic mass is 10.1. The van der Waals surface area contributed by atoms with E-state index in [-0.39, 0.29) is 5.54 Å². The molecule has 3 heteroatoms. The van der Waals surface area contributed by atoms with Crippen LogP contribution in [-0.2, 0) is 0 Å². The molecule has 1 aromatic rings. The highest BCUT2D eigenvalue weighted by Gasteiger charge is 2.24. The molecule has 0 aliphatic carbocycles. The predicted octanol–water partition coefficient (Wildman–Crippen LogP) is 3.42. The molecule has 0 aliphatic heterocycles. The number of hydrogen-bond donors (Lipinski definition) is 1. The molecule has 0 aromatic heterocycles. The van der Waals surface area contributed by atoms with Crippen LogP contribution in [0.5, 0.6) is 0 Å². The quantitative estimate of drug-likeness (QED) is 0.287. The largest absolute Gasteiger partial charge is 0.290 e. The monoisotopic (exact) mass is 238 g/mol. The van der Waals surface area contributed by atoms with E-state index in [0.29, 0.717) is 0 Å². The van der Waals surface area contributed by atoms with Crippen LogP contribution in [0, 0.1) is 0 Å². The highest BCUT2D eigenvalue weighted by atomic mass is 32.2. The zero-order valence-electron chi connectivity index (χ0n) is 10.4. The summed E-state index contributed by atoms with van der Waals surface area (Å²) in [7, 11) is 0. The Morgan fingerprint density at radius 2 is 1.94 bits per heavy atom. The standard InChI is InChI=1S/C13H20NOS/c1-5-16-12-9-7-6-8-11(12)10-14(15)13(2,3)4/h6-10,15H,5H2,1-4H3/q+1. The first kappa shape index (κ1) is 13.1. The van der Waals surface area contributed by atoms with Gasteiger partial charge >= 0.3 is 0 Å². The van der Waals surface area contributed by atoms with Gasteiger partial charge in [0.15, 0.2) is 0 Å². The molecular weight excluding hydrogens is 218 g/mol. The van der Waals surface area contributed by atoms with E-state index in [2.05, 4.69) is 13.0 Å². The third-order valence-electron chi connectivity index (χ3n) is 2.17. The molecule has 0 radical (unpaired) electrons. The van der Waals surface area contributed by atoms with Crippen molar-refractivity contribution in [1.82, 2.24) is 0 Å². The Kier molecular flexibility index (Phi) is 4.42. The average Bonchev–Trinajstić information content (AvgIpc) is 2.20. The van der Waals surface area contributed by atoms with Gasteiger partial charge in [-0.1, -0.05) is 19.1 Å².